The van der Waals surface area contributed by atoms with Crippen LogP contribution in [0.2, 0.25) is 0 Å². The first-order valence-electron chi connectivity index (χ1n) is 9.15. The third-order valence-corrected chi connectivity index (χ3v) is 6.34. The van der Waals surface area contributed by atoms with Crippen LogP contribution in [0.4, 0.5) is 0 Å². The van der Waals surface area contributed by atoms with E-state index in [1.165, 1.54) is 11.3 Å². The minimum atomic E-state index is -0.565. The van der Waals surface area contributed by atoms with Crippen LogP contribution < -0.4 is 10.1 Å². The Bertz CT molecular complexity index is 791. The first-order valence-corrected chi connectivity index (χ1v) is 9.97. The van der Waals surface area contributed by atoms with Gasteiger partial charge in [0.15, 0.2) is 5.78 Å². The predicted octanol–water partition coefficient (Wildman–Crippen LogP) is 3.37. The van der Waals surface area contributed by atoms with Crippen molar-refractivity contribution in [3.8, 4) is 5.75 Å². The van der Waals surface area contributed by atoms with Crippen LogP contribution in [0.5, 0.6) is 5.75 Å². The third kappa shape index (κ3) is 4.39. The standard InChI is InChI=1S/C21H25NO4S/c1-15(23)19-8-7-18(27-19)9-12-22-20(24)21(10-13-26-14-11-21)16-3-5-17(25-2)6-4-16/h3-8H,9-14H2,1-2H3,(H,22,24). The van der Waals surface area contributed by atoms with Gasteiger partial charge in [0.25, 0.3) is 0 Å². The van der Waals surface area contributed by atoms with Crippen LogP contribution in [0.1, 0.15) is 39.9 Å². The fraction of sp³-hybridized carbons (Fsp3) is 0.429. The average Bonchev–Trinajstić information content (AvgIpc) is 3.18. The Morgan fingerprint density at radius 3 is 2.44 bits per heavy atom. The van der Waals surface area contributed by atoms with Gasteiger partial charge in [-0.05, 0) is 56.0 Å². The third-order valence-electron chi connectivity index (χ3n) is 5.09. The number of amides is 1. The number of hydrogen-bond acceptors (Lipinski definition) is 5. The molecule has 0 atom stereocenters. The molecule has 5 nitrogen and oxygen atoms in total. The van der Waals surface area contributed by atoms with Crippen molar-refractivity contribution in [2.75, 3.05) is 26.9 Å². The summed E-state index contributed by atoms with van der Waals surface area (Å²) >= 11 is 1.49. The maximum absolute atomic E-state index is 13.1. The number of Topliss-reactive ketones (excluding diaryl/α,β-unsaturated/α-hetero) is 1. The summed E-state index contributed by atoms with van der Waals surface area (Å²) in [6.45, 7) is 3.27. The highest BCUT2D eigenvalue weighted by Gasteiger charge is 2.41. The van der Waals surface area contributed by atoms with Crippen molar-refractivity contribution in [1.29, 1.82) is 0 Å². The zero-order valence-electron chi connectivity index (χ0n) is 15.7. The predicted molar refractivity (Wildman–Crippen MR) is 106 cm³/mol. The summed E-state index contributed by atoms with van der Waals surface area (Å²) in [4.78, 5) is 26.4. The van der Waals surface area contributed by atoms with Crippen molar-refractivity contribution in [3.63, 3.8) is 0 Å². The minimum Gasteiger partial charge on any atom is -0.497 e. The van der Waals surface area contributed by atoms with Crippen LogP contribution in [-0.4, -0.2) is 38.6 Å². The van der Waals surface area contributed by atoms with Gasteiger partial charge >= 0.3 is 0 Å². The number of nitrogens with one attached hydrogen (secondary N) is 1. The molecule has 1 saturated heterocycles. The molecule has 1 amide bonds. The van der Waals surface area contributed by atoms with E-state index >= 15 is 0 Å². The lowest BCUT2D eigenvalue weighted by Crippen LogP contribution is -2.48. The van der Waals surface area contributed by atoms with E-state index in [1.54, 1.807) is 14.0 Å². The van der Waals surface area contributed by atoms with E-state index in [-0.39, 0.29) is 11.7 Å². The Morgan fingerprint density at radius 1 is 1.15 bits per heavy atom. The highest BCUT2D eigenvalue weighted by atomic mass is 32.1. The lowest BCUT2D eigenvalue weighted by atomic mass is 9.73. The van der Waals surface area contributed by atoms with Crippen molar-refractivity contribution in [2.45, 2.75) is 31.6 Å². The molecule has 1 aromatic heterocycles. The maximum Gasteiger partial charge on any atom is 0.230 e. The summed E-state index contributed by atoms with van der Waals surface area (Å²) in [5, 5.41) is 3.10. The van der Waals surface area contributed by atoms with E-state index in [4.69, 9.17) is 9.47 Å². The highest BCUT2D eigenvalue weighted by molar-refractivity contribution is 7.14. The summed E-state index contributed by atoms with van der Waals surface area (Å²) in [7, 11) is 1.63. The second-order valence-corrected chi connectivity index (χ2v) is 7.92. The molecular formula is C21H25NO4S. The van der Waals surface area contributed by atoms with Gasteiger partial charge in [-0.3, -0.25) is 9.59 Å². The molecule has 1 aliphatic rings. The van der Waals surface area contributed by atoms with Crippen LogP contribution in [0.15, 0.2) is 36.4 Å². The average molecular weight is 388 g/mol. The quantitative estimate of drug-likeness (QED) is 0.740. The van der Waals surface area contributed by atoms with E-state index in [0.29, 0.717) is 32.6 Å². The van der Waals surface area contributed by atoms with Gasteiger partial charge in [0, 0.05) is 24.6 Å². The van der Waals surface area contributed by atoms with Gasteiger partial charge in [-0.2, -0.15) is 0 Å². The monoisotopic (exact) mass is 387 g/mol. The Labute approximate surface area is 163 Å². The molecule has 0 saturated carbocycles. The number of thiophene rings is 1. The summed E-state index contributed by atoms with van der Waals surface area (Å²) in [6.07, 6.45) is 2.05. The number of methoxy groups -OCH3 is 1. The van der Waals surface area contributed by atoms with Crippen molar-refractivity contribution in [3.05, 3.63) is 51.7 Å². The number of rotatable bonds is 7. The molecule has 0 aliphatic carbocycles. The molecule has 3 rings (SSSR count). The first-order chi connectivity index (χ1) is 13.0. The van der Waals surface area contributed by atoms with Crippen LogP contribution in [0.25, 0.3) is 0 Å². The maximum atomic E-state index is 13.1. The van der Waals surface area contributed by atoms with Crippen molar-refractivity contribution >= 4 is 23.0 Å². The van der Waals surface area contributed by atoms with Gasteiger partial charge in [-0.25, -0.2) is 0 Å². The SMILES string of the molecule is COc1ccc(C2(C(=O)NCCc3ccc(C(C)=O)s3)CCOCC2)cc1. The molecule has 0 unspecified atom stereocenters. The molecule has 6 heteroatoms. The van der Waals surface area contributed by atoms with Crippen molar-refractivity contribution in [2.24, 2.45) is 0 Å². The molecule has 1 aliphatic heterocycles. The zero-order valence-corrected chi connectivity index (χ0v) is 16.6. The van der Waals surface area contributed by atoms with E-state index in [9.17, 15) is 9.59 Å². The van der Waals surface area contributed by atoms with Crippen LogP contribution in [-0.2, 0) is 21.4 Å². The molecule has 1 fully saturated rings. The molecule has 0 radical (unpaired) electrons. The van der Waals surface area contributed by atoms with Gasteiger partial charge in [0.2, 0.25) is 5.91 Å². The number of hydrogen-bond donors (Lipinski definition) is 1. The molecule has 27 heavy (non-hydrogen) atoms. The van der Waals surface area contributed by atoms with Gasteiger partial charge in [-0.1, -0.05) is 12.1 Å². The first kappa shape index (κ1) is 19.6. The van der Waals surface area contributed by atoms with Crippen LogP contribution in [0, 0.1) is 0 Å². The molecule has 0 bridgehead atoms. The number of ketones is 1. The lowest BCUT2D eigenvalue weighted by Gasteiger charge is -2.36. The van der Waals surface area contributed by atoms with Gasteiger partial charge < -0.3 is 14.8 Å². The largest absolute Gasteiger partial charge is 0.497 e. The zero-order chi connectivity index (χ0) is 19.3. The highest BCUT2D eigenvalue weighted by Crippen LogP contribution is 2.36. The fourth-order valence-corrected chi connectivity index (χ4v) is 4.35. The summed E-state index contributed by atoms with van der Waals surface area (Å²) in [5.41, 5.74) is 0.434. The Morgan fingerprint density at radius 2 is 1.85 bits per heavy atom. The topological polar surface area (TPSA) is 64.6 Å². The van der Waals surface area contributed by atoms with Crippen molar-refractivity contribution in [1.82, 2.24) is 5.32 Å². The minimum absolute atomic E-state index is 0.0410. The molecule has 2 aromatic rings. The molecule has 144 valence electrons. The molecule has 1 aromatic carbocycles. The van der Waals surface area contributed by atoms with Gasteiger partial charge in [0.1, 0.15) is 5.75 Å². The molecular weight excluding hydrogens is 362 g/mol. The smallest absolute Gasteiger partial charge is 0.230 e. The molecule has 0 spiro atoms. The lowest BCUT2D eigenvalue weighted by molar-refractivity contribution is -0.130. The van der Waals surface area contributed by atoms with Crippen LogP contribution >= 0.6 is 11.3 Å². The Balaban J connectivity index is 1.68. The Kier molecular flexibility index (Phi) is 6.29. The van der Waals surface area contributed by atoms with E-state index in [1.807, 2.05) is 36.4 Å². The summed E-state index contributed by atoms with van der Waals surface area (Å²) in [6, 6.07) is 11.6. The van der Waals surface area contributed by atoms with Gasteiger partial charge in [0.05, 0.1) is 17.4 Å². The van der Waals surface area contributed by atoms with E-state index in [2.05, 4.69) is 5.32 Å². The van der Waals surface area contributed by atoms with Crippen LogP contribution in [0.3, 0.4) is 0 Å². The number of carbonyl (C=O) groups excluding carboxylic acids is 2. The second kappa shape index (κ2) is 8.67. The number of ether oxygens (including phenoxy) is 2. The Hall–Kier alpha value is -2.18. The fourth-order valence-electron chi connectivity index (χ4n) is 3.45. The summed E-state index contributed by atoms with van der Waals surface area (Å²) in [5.74, 6) is 0.899. The normalized spacial score (nSPS) is 15.9. The van der Waals surface area contributed by atoms with E-state index in [0.717, 1.165) is 27.5 Å². The van der Waals surface area contributed by atoms with Crippen molar-refractivity contribution < 1.29 is 19.1 Å². The van der Waals surface area contributed by atoms with Gasteiger partial charge in [-0.15, -0.1) is 11.3 Å². The molecule has 1 N–H and O–H groups in total. The molecule has 2 heterocycles. The number of carbonyl (C=O) groups is 2. The second-order valence-electron chi connectivity index (χ2n) is 6.75. The van der Waals surface area contributed by atoms with E-state index < -0.39 is 5.41 Å². The summed E-state index contributed by atoms with van der Waals surface area (Å²) < 4.78 is 10.7. The number of benzene rings is 1.